The Bertz CT molecular complexity index is 437. The molecule has 0 aliphatic rings. The predicted molar refractivity (Wildman–Crippen MR) is 81.2 cm³/mol. The number of carbonyl (C=O) groups is 1. The summed E-state index contributed by atoms with van der Waals surface area (Å²) in [6, 6.07) is 5.48. The van der Waals surface area contributed by atoms with Gasteiger partial charge in [-0.3, -0.25) is 4.79 Å². The summed E-state index contributed by atoms with van der Waals surface area (Å²) in [6.07, 6.45) is 0.892. The van der Waals surface area contributed by atoms with E-state index in [1.165, 1.54) is 0 Å². The monoisotopic (exact) mass is 328 g/mol. The van der Waals surface area contributed by atoms with E-state index in [2.05, 4.69) is 22.9 Å². The van der Waals surface area contributed by atoms with Crippen LogP contribution in [-0.2, 0) is 4.74 Å². The lowest BCUT2D eigenvalue weighted by Crippen LogP contribution is -2.40. The van der Waals surface area contributed by atoms with Gasteiger partial charge in [0.25, 0.3) is 5.91 Å². The minimum atomic E-state index is -0.0507. The zero-order valence-corrected chi connectivity index (χ0v) is 13.2. The Morgan fingerprint density at radius 2 is 2.21 bits per heavy atom. The Labute approximate surface area is 123 Å². The van der Waals surface area contributed by atoms with E-state index >= 15 is 0 Å². The Morgan fingerprint density at radius 1 is 1.53 bits per heavy atom. The molecule has 1 amide bonds. The molecule has 0 bridgehead atoms. The highest BCUT2D eigenvalue weighted by Gasteiger charge is 2.22. The largest absolute Gasteiger partial charge is 0.398 e. The normalized spacial score (nSPS) is 12.2. The molecule has 1 aromatic carbocycles. The van der Waals surface area contributed by atoms with Crippen molar-refractivity contribution in [3.63, 3.8) is 0 Å². The van der Waals surface area contributed by atoms with Crippen molar-refractivity contribution in [3.8, 4) is 0 Å². The first-order valence-corrected chi connectivity index (χ1v) is 7.15. The van der Waals surface area contributed by atoms with Crippen molar-refractivity contribution < 1.29 is 9.53 Å². The van der Waals surface area contributed by atoms with Gasteiger partial charge >= 0.3 is 0 Å². The third-order valence-corrected chi connectivity index (χ3v) is 3.66. The molecule has 5 heteroatoms. The molecular formula is C14H21BrN2O2. The van der Waals surface area contributed by atoms with Crippen LogP contribution in [-0.4, -0.2) is 37.1 Å². The summed E-state index contributed by atoms with van der Waals surface area (Å²) in [5, 5.41) is 0. The van der Waals surface area contributed by atoms with Crippen LogP contribution in [0.4, 0.5) is 5.69 Å². The van der Waals surface area contributed by atoms with Crippen molar-refractivity contribution in [2.75, 3.05) is 26.0 Å². The molecule has 0 saturated carbocycles. The molecule has 0 aliphatic carbocycles. The second-order valence-corrected chi connectivity index (χ2v) is 5.40. The molecule has 0 radical (unpaired) electrons. The van der Waals surface area contributed by atoms with Gasteiger partial charge in [-0.25, -0.2) is 0 Å². The lowest BCUT2D eigenvalue weighted by Gasteiger charge is -2.29. The number of carbonyl (C=O) groups excluding carboxylic acids is 1. The number of ether oxygens (including phenoxy) is 1. The summed E-state index contributed by atoms with van der Waals surface area (Å²) in [7, 11) is 1.63. The number of hydrogen-bond acceptors (Lipinski definition) is 3. The molecule has 2 N–H and O–H groups in total. The van der Waals surface area contributed by atoms with Crippen molar-refractivity contribution in [1.82, 2.24) is 4.90 Å². The number of rotatable bonds is 6. The average Bonchev–Trinajstić information content (AvgIpc) is 2.41. The molecule has 1 rings (SSSR count). The number of benzene rings is 1. The molecule has 0 aliphatic heterocycles. The third-order valence-electron chi connectivity index (χ3n) is 3.17. The van der Waals surface area contributed by atoms with Crippen LogP contribution in [0.2, 0.25) is 0 Å². The lowest BCUT2D eigenvalue weighted by molar-refractivity contribution is 0.0615. The molecule has 106 valence electrons. The van der Waals surface area contributed by atoms with Crippen LogP contribution in [0.25, 0.3) is 0 Å². The highest BCUT2D eigenvalue weighted by Crippen LogP contribution is 2.21. The Balaban J connectivity index is 3.00. The highest BCUT2D eigenvalue weighted by molar-refractivity contribution is 9.10. The van der Waals surface area contributed by atoms with Crippen molar-refractivity contribution in [2.45, 2.75) is 26.3 Å². The van der Waals surface area contributed by atoms with E-state index < -0.39 is 0 Å². The van der Waals surface area contributed by atoms with Crippen LogP contribution >= 0.6 is 15.9 Å². The lowest BCUT2D eigenvalue weighted by atomic mass is 10.1. The SMILES string of the molecule is CCC(C)N(CCOC)C(=O)c1cc(Br)ccc1N. The summed E-state index contributed by atoms with van der Waals surface area (Å²) in [4.78, 5) is 14.4. The molecule has 1 aromatic rings. The summed E-state index contributed by atoms with van der Waals surface area (Å²) >= 11 is 3.37. The number of methoxy groups -OCH3 is 1. The number of anilines is 1. The molecule has 0 heterocycles. The van der Waals surface area contributed by atoms with Crippen molar-refractivity contribution in [1.29, 1.82) is 0 Å². The molecule has 19 heavy (non-hydrogen) atoms. The van der Waals surface area contributed by atoms with E-state index in [0.29, 0.717) is 24.4 Å². The van der Waals surface area contributed by atoms with Gasteiger partial charge in [-0.2, -0.15) is 0 Å². The van der Waals surface area contributed by atoms with E-state index in [4.69, 9.17) is 10.5 Å². The van der Waals surface area contributed by atoms with Crippen molar-refractivity contribution in [3.05, 3.63) is 28.2 Å². The molecule has 0 aromatic heterocycles. The Kier molecular flexibility index (Phi) is 6.31. The number of amides is 1. The van der Waals surface area contributed by atoms with E-state index in [1.807, 2.05) is 17.9 Å². The minimum absolute atomic E-state index is 0.0507. The van der Waals surface area contributed by atoms with Gasteiger partial charge in [-0.15, -0.1) is 0 Å². The number of halogens is 1. The number of hydrogen-bond donors (Lipinski definition) is 1. The first-order valence-electron chi connectivity index (χ1n) is 6.36. The standard InChI is InChI=1S/C14H21BrN2O2/c1-4-10(2)17(7-8-19-3)14(18)12-9-11(15)5-6-13(12)16/h5-6,9-10H,4,7-8,16H2,1-3H3. The first kappa shape index (κ1) is 16.0. The number of nitrogens with two attached hydrogens (primary N) is 1. The fraction of sp³-hybridized carbons (Fsp3) is 0.500. The van der Waals surface area contributed by atoms with Crippen LogP contribution in [0.1, 0.15) is 30.6 Å². The van der Waals surface area contributed by atoms with Gasteiger partial charge in [0.05, 0.1) is 12.2 Å². The van der Waals surface area contributed by atoms with E-state index in [9.17, 15) is 4.79 Å². The quantitative estimate of drug-likeness (QED) is 0.817. The summed E-state index contributed by atoms with van der Waals surface area (Å²) in [6.45, 7) is 5.17. The topological polar surface area (TPSA) is 55.6 Å². The van der Waals surface area contributed by atoms with Gasteiger partial charge in [-0.1, -0.05) is 22.9 Å². The average molecular weight is 329 g/mol. The maximum Gasteiger partial charge on any atom is 0.256 e. The second-order valence-electron chi connectivity index (χ2n) is 4.48. The van der Waals surface area contributed by atoms with E-state index in [-0.39, 0.29) is 11.9 Å². The van der Waals surface area contributed by atoms with Gasteiger partial charge in [0, 0.05) is 29.9 Å². The second kappa shape index (κ2) is 7.50. The fourth-order valence-electron chi connectivity index (χ4n) is 1.80. The Hall–Kier alpha value is -1.07. The van der Waals surface area contributed by atoms with Crippen LogP contribution in [0.5, 0.6) is 0 Å². The zero-order valence-electron chi connectivity index (χ0n) is 11.6. The first-order chi connectivity index (χ1) is 9.01. The summed E-state index contributed by atoms with van der Waals surface area (Å²) < 4.78 is 5.92. The van der Waals surface area contributed by atoms with Gasteiger partial charge in [-0.05, 0) is 31.5 Å². The molecule has 1 unspecified atom stereocenters. The van der Waals surface area contributed by atoms with Crippen LogP contribution in [0, 0.1) is 0 Å². The minimum Gasteiger partial charge on any atom is -0.398 e. The van der Waals surface area contributed by atoms with Crippen molar-refractivity contribution in [2.24, 2.45) is 0 Å². The fourth-order valence-corrected chi connectivity index (χ4v) is 2.16. The van der Waals surface area contributed by atoms with Crippen LogP contribution in [0.15, 0.2) is 22.7 Å². The summed E-state index contributed by atoms with van der Waals surface area (Å²) in [5.41, 5.74) is 6.93. The molecule has 0 fully saturated rings. The van der Waals surface area contributed by atoms with Crippen molar-refractivity contribution >= 4 is 27.5 Å². The molecule has 0 saturated heterocycles. The number of nitrogen functional groups attached to an aromatic ring is 1. The number of nitrogens with zero attached hydrogens (tertiary/aromatic N) is 1. The van der Waals surface area contributed by atoms with Gasteiger partial charge in [0.2, 0.25) is 0 Å². The summed E-state index contributed by atoms with van der Waals surface area (Å²) in [5.74, 6) is -0.0507. The molecular weight excluding hydrogens is 308 g/mol. The maximum absolute atomic E-state index is 12.6. The Morgan fingerprint density at radius 3 is 2.79 bits per heavy atom. The molecule has 0 spiro atoms. The van der Waals surface area contributed by atoms with Gasteiger partial charge in [0.1, 0.15) is 0 Å². The predicted octanol–water partition coefficient (Wildman–Crippen LogP) is 2.92. The van der Waals surface area contributed by atoms with Crippen LogP contribution in [0.3, 0.4) is 0 Å². The maximum atomic E-state index is 12.6. The highest BCUT2D eigenvalue weighted by atomic mass is 79.9. The van der Waals surface area contributed by atoms with Gasteiger partial charge < -0.3 is 15.4 Å². The van der Waals surface area contributed by atoms with Gasteiger partial charge in [0.15, 0.2) is 0 Å². The molecule has 4 nitrogen and oxygen atoms in total. The van der Waals surface area contributed by atoms with E-state index in [1.54, 1.807) is 19.2 Å². The smallest absolute Gasteiger partial charge is 0.256 e. The molecule has 1 atom stereocenters. The van der Waals surface area contributed by atoms with Crippen LogP contribution < -0.4 is 5.73 Å². The van der Waals surface area contributed by atoms with E-state index in [0.717, 1.165) is 10.9 Å². The third kappa shape index (κ3) is 4.21. The zero-order chi connectivity index (χ0) is 14.4.